The first kappa shape index (κ1) is 14.6. The molecular weight excluding hydrogens is 272 g/mol. The number of benzene rings is 1. The molecule has 2 rings (SSSR count). The molecule has 0 saturated heterocycles. The molecule has 2 aromatic rings. The maximum absolute atomic E-state index is 12.4. The maximum Gasteiger partial charge on any atom is 0.203 e. The summed E-state index contributed by atoms with van der Waals surface area (Å²) in [6.45, 7) is 6.93. The molecule has 0 spiro atoms. The minimum absolute atomic E-state index is 0.0205. The van der Waals surface area contributed by atoms with Crippen LogP contribution >= 0.6 is 11.3 Å². The number of rotatable bonds is 6. The molecule has 0 fully saturated rings. The van der Waals surface area contributed by atoms with Crippen LogP contribution in [0.4, 0.5) is 0 Å². The Kier molecular flexibility index (Phi) is 4.79. The summed E-state index contributed by atoms with van der Waals surface area (Å²) < 4.78 is 11.0. The SMILES string of the molecule is CCOc1ccc(C(=O)c2ccc(C)s2)cc1OCC. The van der Waals surface area contributed by atoms with Gasteiger partial charge in [-0.3, -0.25) is 4.79 Å². The molecule has 0 saturated carbocycles. The number of hydrogen-bond acceptors (Lipinski definition) is 4. The standard InChI is InChI=1S/C16H18O3S/c1-4-18-13-8-7-12(10-14(13)19-5-2)16(17)15-9-6-11(3)20-15/h6-10H,4-5H2,1-3H3. The Morgan fingerprint density at radius 1 is 1.05 bits per heavy atom. The highest BCUT2D eigenvalue weighted by molar-refractivity contribution is 7.14. The molecule has 1 aromatic carbocycles. The van der Waals surface area contributed by atoms with Gasteiger partial charge in [-0.05, 0) is 51.1 Å². The van der Waals surface area contributed by atoms with Crippen LogP contribution in [0.15, 0.2) is 30.3 Å². The molecule has 0 atom stereocenters. The molecule has 4 heteroatoms. The van der Waals surface area contributed by atoms with Crippen LogP contribution in [-0.2, 0) is 0 Å². The highest BCUT2D eigenvalue weighted by atomic mass is 32.1. The van der Waals surface area contributed by atoms with Crippen molar-refractivity contribution in [2.45, 2.75) is 20.8 Å². The summed E-state index contributed by atoms with van der Waals surface area (Å²) in [6, 6.07) is 9.15. The second kappa shape index (κ2) is 6.57. The molecule has 0 aliphatic carbocycles. The van der Waals surface area contributed by atoms with E-state index in [2.05, 4.69) is 0 Å². The average Bonchev–Trinajstić information content (AvgIpc) is 2.87. The lowest BCUT2D eigenvalue weighted by Gasteiger charge is -2.11. The number of hydrogen-bond donors (Lipinski definition) is 0. The highest BCUT2D eigenvalue weighted by Crippen LogP contribution is 2.30. The summed E-state index contributed by atoms with van der Waals surface area (Å²) in [5.74, 6) is 1.31. The zero-order valence-corrected chi connectivity index (χ0v) is 12.8. The van der Waals surface area contributed by atoms with Gasteiger partial charge in [0.15, 0.2) is 11.5 Å². The molecule has 106 valence electrons. The lowest BCUT2D eigenvalue weighted by Crippen LogP contribution is -2.03. The van der Waals surface area contributed by atoms with Gasteiger partial charge in [0.1, 0.15) is 0 Å². The normalized spacial score (nSPS) is 10.3. The van der Waals surface area contributed by atoms with Gasteiger partial charge in [-0.1, -0.05) is 0 Å². The third kappa shape index (κ3) is 3.20. The molecule has 0 unspecified atom stereocenters. The van der Waals surface area contributed by atoms with E-state index < -0.39 is 0 Å². The lowest BCUT2D eigenvalue weighted by molar-refractivity contribution is 0.104. The Morgan fingerprint density at radius 3 is 2.35 bits per heavy atom. The van der Waals surface area contributed by atoms with Crippen LogP contribution in [0.1, 0.15) is 34.0 Å². The predicted molar refractivity (Wildman–Crippen MR) is 81.3 cm³/mol. The van der Waals surface area contributed by atoms with Crippen molar-refractivity contribution < 1.29 is 14.3 Å². The molecule has 1 aromatic heterocycles. The van der Waals surface area contributed by atoms with E-state index in [0.717, 1.165) is 9.75 Å². The molecule has 0 aliphatic rings. The topological polar surface area (TPSA) is 35.5 Å². The second-order valence-corrected chi connectivity index (χ2v) is 5.55. The van der Waals surface area contributed by atoms with Gasteiger partial charge in [0.25, 0.3) is 0 Å². The number of carbonyl (C=O) groups is 1. The van der Waals surface area contributed by atoms with Crippen LogP contribution in [0.25, 0.3) is 0 Å². The highest BCUT2D eigenvalue weighted by Gasteiger charge is 2.14. The Labute approximate surface area is 123 Å². The van der Waals surface area contributed by atoms with Gasteiger partial charge in [-0.2, -0.15) is 0 Å². The van der Waals surface area contributed by atoms with E-state index in [1.165, 1.54) is 11.3 Å². The van der Waals surface area contributed by atoms with E-state index in [9.17, 15) is 4.79 Å². The van der Waals surface area contributed by atoms with E-state index in [0.29, 0.717) is 30.3 Å². The number of ether oxygens (including phenoxy) is 2. The fraction of sp³-hybridized carbons (Fsp3) is 0.312. The van der Waals surface area contributed by atoms with Crippen LogP contribution < -0.4 is 9.47 Å². The molecule has 3 nitrogen and oxygen atoms in total. The van der Waals surface area contributed by atoms with Crippen LogP contribution in [0.3, 0.4) is 0 Å². The van der Waals surface area contributed by atoms with Gasteiger partial charge in [0.05, 0.1) is 18.1 Å². The fourth-order valence-corrected chi connectivity index (χ4v) is 2.72. The smallest absolute Gasteiger partial charge is 0.203 e. The van der Waals surface area contributed by atoms with Crippen molar-refractivity contribution in [3.63, 3.8) is 0 Å². The van der Waals surface area contributed by atoms with Gasteiger partial charge < -0.3 is 9.47 Å². The van der Waals surface area contributed by atoms with Crippen LogP contribution in [0.2, 0.25) is 0 Å². The molecular formula is C16H18O3S. The molecule has 0 bridgehead atoms. The zero-order chi connectivity index (χ0) is 14.5. The van der Waals surface area contributed by atoms with E-state index in [-0.39, 0.29) is 5.78 Å². The number of thiophene rings is 1. The zero-order valence-electron chi connectivity index (χ0n) is 11.9. The van der Waals surface area contributed by atoms with Gasteiger partial charge in [-0.25, -0.2) is 0 Å². The first-order chi connectivity index (χ1) is 9.65. The molecule has 0 aliphatic heterocycles. The Balaban J connectivity index is 2.32. The largest absolute Gasteiger partial charge is 0.490 e. The summed E-state index contributed by atoms with van der Waals surface area (Å²) in [7, 11) is 0. The van der Waals surface area contributed by atoms with Crippen molar-refractivity contribution in [3.8, 4) is 11.5 Å². The van der Waals surface area contributed by atoms with Gasteiger partial charge >= 0.3 is 0 Å². The van der Waals surface area contributed by atoms with Crippen LogP contribution in [0.5, 0.6) is 11.5 Å². The van der Waals surface area contributed by atoms with Crippen molar-refractivity contribution in [1.29, 1.82) is 0 Å². The van der Waals surface area contributed by atoms with Gasteiger partial charge in [-0.15, -0.1) is 11.3 Å². The quantitative estimate of drug-likeness (QED) is 0.752. The van der Waals surface area contributed by atoms with Gasteiger partial charge in [0.2, 0.25) is 5.78 Å². The first-order valence-electron chi connectivity index (χ1n) is 6.66. The molecule has 0 radical (unpaired) electrons. The van der Waals surface area contributed by atoms with E-state index in [4.69, 9.17) is 9.47 Å². The molecule has 0 amide bonds. The Morgan fingerprint density at radius 2 is 1.75 bits per heavy atom. The summed E-state index contributed by atoms with van der Waals surface area (Å²) >= 11 is 1.50. The van der Waals surface area contributed by atoms with Gasteiger partial charge in [0, 0.05) is 10.4 Å². The maximum atomic E-state index is 12.4. The predicted octanol–water partition coefficient (Wildman–Crippen LogP) is 4.08. The van der Waals surface area contributed by atoms with E-state index in [1.54, 1.807) is 18.2 Å². The molecule has 0 N–H and O–H groups in total. The van der Waals surface area contributed by atoms with Crippen molar-refractivity contribution in [2.75, 3.05) is 13.2 Å². The summed E-state index contributed by atoms with van der Waals surface area (Å²) in [5.41, 5.74) is 0.624. The second-order valence-electron chi connectivity index (χ2n) is 4.27. The number of aryl methyl sites for hydroxylation is 1. The minimum Gasteiger partial charge on any atom is -0.490 e. The van der Waals surface area contributed by atoms with Crippen LogP contribution in [-0.4, -0.2) is 19.0 Å². The van der Waals surface area contributed by atoms with Crippen molar-refractivity contribution >= 4 is 17.1 Å². The average molecular weight is 290 g/mol. The molecule has 1 heterocycles. The first-order valence-corrected chi connectivity index (χ1v) is 7.48. The molecule has 20 heavy (non-hydrogen) atoms. The summed E-state index contributed by atoms with van der Waals surface area (Å²) in [5, 5.41) is 0. The fourth-order valence-electron chi connectivity index (χ4n) is 1.89. The third-order valence-electron chi connectivity index (χ3n) is 2.77. The Bertz CT molecular complexity index is 602. The number of carbonyl (C=O) groups excluding carboxylic acids is 1. The monoisotopic (exact) mass is 290 g/mol. The van der Waals surface area contributed by atoms with Crippen molar-refractivity contribution in [2.24, 2.45) is 0 Å². The third-order valence-corrected chi connectivity index (χ3v) is 3.77. The van der Waals surface area contributed by atoms with Crippen molar-refractivity contribution in [1.82, 2.24) is 0 Å². The lowest BCUT2D eigenvalue weighted by atomic mass is 10.1. The number of ketones is 1. The minimum atomic E-state index is 0.0205. The summed E-state index contributed by atoms with van der Waals surface area (Å²) in [6.07, 6.45) is 0. The summed E-state index contributed by atoms with van der Waals surface area (Å²) in [4.78, 5) is 14.3. The van der Waals surface area contributed by atoms with E-state index in [1.807, 2.05) is 32.9 Å². The Hall–Kier alpha value is -1.81. The van der Waals surface area contributed by atoms with Crippen molar-refractivity contribution in [3.05, 3.63) is 45.6 Å². The van der Waals surface area contributed by atoms with E-state index >= 15 is 0 Å². The van der Waals surface area contributed by atoms with Crippen LogP contribution in [0, 0.1) is 6.92 Å².